The van der Waals surface area contributed by atoms with Gasteiger partial charge in [-0.15, -0.1) is 0 Å². The minimum atomic E-state index is -0.304. The molecular formula is C19H18BrFN4. The van der Waals surface area contributed by atoms with Crippen molar-refractivity contribution in [2.45, 2.75) is 19.4 Å². The van der Waals surface area contributed by atoms with Crippen molar-refractivity contribution in [3.8, 4) is 0 Å². The normalized spacial score (nSPS) is 14.2. The third-order valence-corrected chi connectivity index (χ3v) is 5.05. The van der Waals surface area contributed by atoms with Gasteiger partial charge in [0.1, 0.15) is 17.5 Å². The molecule has 0 aliphatic carbocycles. The minimum Gasteiger partial charge on any atom is -0.366 e. The zero-order chi connectivity index (χ0) is 17.2. The lowest BCUT2D eigenvalue weighted by Crippen LogP contribution is -2.19. The number of benzene rings is 1. The van der Waals surface area contributed by atoms with Crippen LogP contribution in [0, 0.1) is 5.82 Å². The maximum atomic E-state index is 13.7. The molecule has 128 valence electrons. The standard InChI is InChI=1S/C19H18BrFN4/c20-15-10-14-3-4-18(24-17(14)11-16(15)21)23-12-13-5-6-22-19(9-13)25-7-1-2-8-25/h3-6,9-11H,1-2,7-8,12H2,(H,23,24). The van der Waals surface area contributed by atoms with Gasteiger partial charge in [0, 0.05) is 37.3 Å². The van der Waals surface area contributed by atoms with E-state index in [9.17, 15) is 4.39 Å². The highest BCUT2D eigenvalue weighted by Crippen LogP contribution is 2.24. The van der Waals surface area contributed by atoms with Crippen LogP contribution in [0.15, 0.2) is 47.1 Å². The number of fused-ring (bicyclic) bond motifs is 1. The van der Waals surface area contributed by atoms with Crippen LogP contribution in [0.5, 0.6) is 0 Å². The van der Waals surface area contributed by atoms with Gasteiger partial charge in [0.2, 0.25) is 0 Å². The summed E-state index contributed by atoms with van der Waals surface area (Å²) in [5.41, 5.74) is 1.79. The third kappa shape index (κ3) is 3.58. The summed E-state index contributed by atoms with van der Waals surface area (Å²) in [7, 11) is 0. The van der Waals surface area contributed by atoms with Crippen molar-refractivity contribution in [2.75, 3.05) is 23.3 Å². The predicted molar refractivity (Wildman–Crippen MR) is 102 cm³/mol. The van der Waals surface area contributed by atoms with Gasteiger partial charge < -0.3 is 10.2 Å². The van der Waals surface area contributed by atoms with Crippen molar-refractivity contribution in [3.63, 3.8) is 0 Å². The predicted octanol–water partition coefficient (Wildman–Crippen LogP) is 4.74. The summed E-state index contributed by atoms with van der Waals surface area (Å²) in [6.45, 7) is 2.81. The maximum absolute atomic E-state index is 13.7. The Labute approximate surface area is 154 Å². The molecule has 4 rings (SSSR count). The summed E-state index contributed by atoms with van der Waals surface area (Å²) >= 11 is 3.20. The van der Waals surface area contributed by atoms with Crippen LogP contribution in [0.4, 0.5) is 16.0 Å². The van der Waals surface area contributed by atoms with Crippen LogP contribution in [-0.4, -0.2) is 23.1 Å². The van der Waals surface area contributed by atoms with Gasteiger partial charge in [-0.3, -0.25) is 0 Å². The molecule has 25 heavy (non-hydrogen) atoms. The molecule has 1 saturated heterocycles. The van der Waals surface area contributed by atoms with Crippen LogP contribution < -0.4 is 10.2 Å². The highest BCUT2D eigenvalue weighted by molar-refractivity contribution is 9.10. The first-order chi connectivity index (χ1) is 12.2. The number of aromatic nitrogens is 2. The molecule has 1 aliphatic rings. The number of halogens is 2. The van der Waals surface area contributed by atoms with Gasteiger partial charge in [-0.25, -0.2) is 14.4 Å². The smallest absolute Gasteiger partial charge is 0.139 e. The largest absolute Gasteiger partial charge is 0.366 e. The molecule has 6 heteroatoms. The molecule has 1 aliphatic heterocycles. The fraction of sp³-hybridized carbons (Fsp3) is 0.263. The summed E-state index contributed by atoms with van der Waals surface area (Å²) in [5, 5.41) is 4.22. The van der Waals surface area contributed by atoms with E-state index in [0.717, 1.165) is 35.7 Å². The fourth-order valence-electron chi connectivity index (χ4n) is 3.10. The molecule has 2 aromatic heterocycles. The average Bonchev–Trinajstić information content (AvgIpc) is 3.16. The Bertz CT molecular complexity index is 909. The Morgan fingerprint density at radius 2 is 1.96 bits per heavy atom. The number of nitrogens with one attached hydrogen (secondary N) is 1. The molecule has 0 radical (unpaired) electrons. The van der Waals surface area contributed by atoms with E-state index in [0.29, 0.717) is 16.5 Å². The number of anilines is 2. The Morgan fingerprint density at radius 3 is 2.80 bits per heavy atom. The van der Waals surface area contributed by atoms with Crippen molar-refractivity contribution in [2.24, 2.45) is 0 Å². The fourth-order valence-corrected chi connectivity index (χ4v) is 3.46. The van der Waals surface area contributed by atoms with E-state index < -0.39 is 0 Å². The zero-order valence-electron chi connectivity index (χ0n) is 13.7. The number of hydrogen-bond donors (Lipinski definition) is 1. The van der Waals surface area contributed by atoms with Gasteiger partial charge in [0.25, 0.3) is 0 Å². The number of nitrogens with zero attached hydrogens (tertiary/aromatic N) is 3. The molecule has 1 aromatic carbocycles. The Hall–Kier alpha value is -2.21. The van der Waals surface area contributed by atoms with Crippen LogP contribution in [0.2, 0.25) is 0 Å². The van der Waals surface area contributed by atoms with Gasteiger partial charge in [-0.1, -0.05) is 0 Å². The van der Waals surface area contributed by atoms with Crippen molar-refractivity contribution in [3.05, 3.63) is 58.4 Å². The average molecular weight is 401 g/mol. The second-order valence-electron chi connectivity index (χ2n) is 6.23. The first-order valence-corrected chi connectivity index (χ1v) is 9.18. The lowest BCUT2D eigenvalue weighted by molar-refractivity contribution is 0.623. The Kier molecular flexibility index (Phi) is 4.53. The summed E-state index contributed by atoms with van der Waals surface area (Å²) in [5.74, 6) is 1.46. The summed E-state index contributed by atoms with van der Waals surface area (Å²) < 4.78 is 14.2. The van der Waals surface area contributed by atoms with Crippen molar-refractivity contribution < 1.29 is 4.39 Å². The molecule has 0 saturated carbocycles. The van der Waals surface area contributed by atoms with E-state index in [1.165, 1.54) is 18.9 Å². The van der Waals surface area contributed by atoms with Gasteiger partial charge in [-0.2, -0.15) is 0 Å². The molecule has 0 atom stereocenters. The maximum Gasteiger partial charge on any atom is 0.139 e. The van der Waals surface area contributed by atoms with Gasteiger partial charge in [0.15, 0.2) is 0 Å². The molecule has 3 aromatic rings. The van der Waals surface area contributed by atoms with E-state index in [-0.39, 0.29) is 5.82 Å². The summed E-state index contributed by atoms with van der Waals surface area (Å²) in [4.78, 5) is 11.3. The molecule has 0 amide bonds. The first kappa shape index (κ1) is 16.3. The number of hydrogen-bond acceptors (Lipinski definition) is 4. The SMILES string of the molecule is Fc1cc2nc(NCc3ccnc(N4CCCC4)c3)ccc2cc1Br. The number of pyridine rings is 2. The molecular weight excluding hydrogens is 383 g/mol. The van der Waals surface area contributed by atoms with Gasteiger partial charge >= 0.3 is 0 Å². The van der Waals surface area contributed by atoms with Crippen molar-refractivity contribution >= 4 is 38.5 Å². The van der Waals surface area contributed by atoms with Crippen LogP contribution in [0.25, 0.3) is 10.9 Å². The molecule has 0 bridgehead atoms. The number of rotatable bonds is 4. The monoisotopic (exact) mass is 400 g/mol. The van der Waals surface area contributed by atoms with E-state index >= 15 is 0 Å². The lowest BCUT2D eigenvalue weighted by Gasteiger charge is -2.17. The van der Waals surface area contributed by atoms with Crippen LogP contribution >= 0.6 is 15.9 Å². The third-order valence-electron chi connectivity index (χ3n) is 4.44. The minimum absolute atomic E-state index is 0.304. The molecule has 0 unspecified atom stereocenters. The van der Waals surface area contributed by atoms with E-state index in [2.05, 4.69) is 42.2 Å². The molecule has 1 fully saturated rings. The topological polar surface area (TPSA) is 41.1 Å². The van der Waals surface area contributed by atoms with Crippen LogP contribution in [0.1, 0.15) is 18.4 Å². The highest BCUT2D eigenvalue weighted by Gasteiger charge is 2.13. The summed E-state index contributed by atoms with van der Waals surface area (Å²) in [6, 6.07) is 11.2. The van der Waals surface area contributed by atoms with E-state index in [1.807, 2.05) is 24.4 Å². The van der Waals surface area contributed by atoms with Crippen LogP contribution in [0.3, 0.4) is 0 Å². The Morgan fingerprint density at radius 1 is 1.12 bits per heavy atom. The van der Waals surface area contributed by atoms with E-state index in [4.69, 9.17) is 0 Å². The molecule has 3 heterocycles. The molecule has 4 nitrogen and oxygen atoms in total. The summed E-state index contributed by atoms with van der Waals surface area (Å²) in [6.07, 6.45) is 4.32. The lowest BCUT2D eigenvalue weighted by atomic mass is 10.2. The van der Waals surface area contributed by atoms with E-state index in [1.54, 1.807) is 6.07 Å². The van der Waals surface area contributed by atoms with Crippen molar-refractivity contribution in [1.29, 1.82) is 0 Å². The van der Waals surface area contributed by atoms with Crippen LogP contribution in [-0.2, 0) is 6.54 Å². The highest BCUT2D eigenvalue weighted by atomic mass is 79.9. The van der Waals surface area contributed by atoms with Crippen molar-refractivity contribution in [1.82, 2.24) is 9.97 Å². The van der Waals surface area contributed by atoms with Gasteiger partial charge in [-0.05, 0) is 64.7 Å². The second-order valence-corrected chi connectivity index (χ2v) is 7.08. The second kappa shape index (κ2) is 6.96. The van der Waals surface area contributed by atoms with Gasteiger partial charge in [0.05, 0.1) is 9.99 Å². The quantitative estimate of drug-likeness (QED) is 0.686. The molecule has 1 N–H and O–H groups in total. The molecule has 0 spiro atoms. The first-order valence-electron chi connectivity index (χ1n) is 8.38. The Balaban J connectivity index is 1.50. The zero-order valence-corrected chi connectivity index (χ0v) is 15.3.